The molecule has 1 aliphatic heterocycles. The summed E-state index contributed by atoms with van der Waals surface area (Å²) in [5.41, 5.74) is 5.78. The van der Waals surface area contributed by atoms with E-state index in [1.165, 1.54) is 32.1 Å². The Hall–Kier alpha value is -0.940. The minimum absolute atomic E-state index is 0.469. The van der Waals surface area contributed by atoms with Crippen molar-refractivity contribution in [3.8, 4) is 0 Å². The Morgan fingerprint density at radius 1 is 1.29 bits per heavy atom. The number of hydrogen-bond acceptors (Lipinski definition) is 4. The second kappa shape index (κ2) is 4.38. The third-order valence-corrected chi connectivity index (χ3v) is 3.99. The molecule has 2 fully saturated rings. The molecule has 2 heterocycles. The third-order valence-electron chi connectivity index (χ3n) is 3.99. The lowest BCUT2D eigenvalue weighted by Gasteiger charge is -2.19. The molecular weight excluding hydrogens is 216 g/mol. The van der Waals surface area contributed by atoms with E-state index in [-0.39, 0.29) is 0 Å². The molecule has 0 radical (unpaired) electrons. The Morgan fingerprint density at radius 3 is 2.82 bits per heavy atom. The topological polar surface area (TPSA) is 76.8 Å². The highest BCUT2D eigenvalue weighted by atomic mass is 16.5. The Balaban J connectivity index is 1.77. The summed E-state index contributed by atoms with van der Waals surface area (Å²) in [4.78, 5) is 4.62. The van der Waals surface area contributed by atoms with Gasteiger partial charge in [0.2, 0.25) is 0 Å². The first-order chi connectivity index (χ1) is 8.28. The quantitative estimate of drug-likeness (QED) is 0.814. The Labute approximate surface area is 101 Å². The molecule has 3 N–H and O–H groups in total. The van der Waals surface area contributed by atoms with Gasteiger partial charge in [0.25, 0.3) is 0 Å². The van der Waals surface area contributed by atoms with Crippen molar-refractivity contribution < 1.29 is 4.74 Å². The average Bonchev–Trinajstić information content (AvgIpc) is 2.99. The molecule has 2 aliphatic rings. The molecule has 1 aromatic heterocycles. The van der Waals surface area contributed by atoms with Crippen molar-refractivity contribution in [2.45, 2.75) is 50.0 Å². The van der Waals surface area contributed by atoms with Crippen LogP contribution in [0.3, 0.4) is 0 Å². The molecule has 1 saturated carbocycles. The van der Waals surface area contributed by atoms with Gasteiger partial charge in [-0.15, -0.1) is 0 Å². The molecule has 1 unspecified atom stereocenters. The molecule has 17 heavy (non-hydrogen) atoms. The van der Waals surface area contributed by atoms with Gasteiger partial charge in [-0.1, -0.05) is 19.3 Å². The van der Waals surface area contributed by atoms with Crippen LogP contribution in [0.5, 0.6) is 0 Å². The lowest BCUT2D eigenvalue weighted by atomic mass is 9.89. The molecule has 0 amide bonds. The number of aromatic amines is 1. The first-order valence-electron chi connectivity index (χ1n) is 6.57. The van der Waals surface area contributed by atoms with Crippen LogP contribution < -0.4 is 5.73 Å². The number of aromatic nitrogens is 3. The predicted octanol–water partition coefficient (Wildman–Crippen LogP) is 1.43. The molecule has 0 bridgehead atoms. The van der Waals surface area contributed by atoms with Crippen LogP contribution in [-0.4, -0.2) is 28.4 Å². The van der Waals surface area contributed by atoms with Crippen molar-refractivity contribution in [2.75, 3.05) is 13.2 Å². The van der Waals surface area contributed by atoms with Crippen molar-refractivity contribution in [3.05, 3.63) is 11.6 Å². The second-order valence-electron chi connectivity index (χ2n) is 5.34. The van der Waals surface area contributed by atoms with E-state index in [2.05, 4.69) is 15.2 Å². The summed E-state index contributed by atoms with van der Waals surface area (Å²) in [6.45, 7) is 1.25. The Kier molecular flexibility index (Phi) is 2.88. The smallest absolute Gasteiger partial charge is 0.172 e. The fourth-order valence-electron chi connectivity index (χ4n) is 2.81. The van der Waals surface area contributed by atoms with E-state index in [1.54, 1.807) is 0 Å². The zero-order chi connectivity index (χ0) is 11.7. The number of rotatable bonds is 2. The van der Waals surface area contributed by atoms with E-state index in [4.69, 9.17) is 10.5 Å². The van der Waals surface area contributed by atoms with Crippen LogP contribution in [-0.2, 0) is 10.3 Å². The maximum absolute atomic E-state index is 6.25. The number of H-pyrrole nitrogens is 1. The lowest BCUT2D eigenvalue weighted by molar-refractivity contribution is 0.176. The number of nitrogens with zero attached hydrogens (tertiary/aromatic N) is 2. The summed E-state index contributed by atoms with van der Waals surface area (Å²) in [5.74, 6) is 2.31. The Bertz CT molecular complexity index is 378. The number of nitrogens with one attached hydrogen (secondary N) is 1. The first kappa shape index (κ1) is 11.2. The van der Waals surface area contributed by atoms with Gasteiger partial charge in [-0.25, -0.2) is 4.98 Å². The highest BCUT2D eigenvalue weighted by molar-refractivity contribution is 5.09. The summed E-state index contributed by atoms with van der Waals surface area (Å²) in [5, 5.41) is 7.38. The van der Waals surface area contributed by atoms with Crippen molar-refractivity contribution in [1.82, 2.24) is 15.2 Å². The van der Waals surface area contributed by atoms with E-state index in [0.29, 0.717) is 19.1 Å². The summed E-state index contributed by atoms with van der Waals surface area (Å²) in [6.07, 6.45) is 7.22. The summed E-state index contributed by atoms with van der Waals surface area (Å²) in [7, 11) is 0. The molecule has 3 rings (SSSR count). The fourth-order valence-corrected chi connectivity index (χ4v) is 2.81. The highest BCUT2D eigenvalue weighted by Gasteiger charge is 2.36. The molecule has 5 nitrogen and oxygen atoms in total. The normalized spacial score (nSPS) is 30.9. The first-order valence-corrected chi connectivity index (χ1v) is 6.57. The standard InChI is InChI=1S/C12H20N4O/c13-12(6-7-17-8-12)11-14-10(15-16-11)9-4-2-1-3-5-9/h9H,1-8,13H2,(H,14,15,16). The number of ether oxygens (including phenoxy) is 1. The highest BCUT2D eigenvalue weighted by Crippen LogP contribution is 2.32. The third kappa shape index (κ3) is 2.09. The molecule has 5 heteroatoms. The fraction of sp³-hybridized carbons (Fsp3) is 0.833. The van der Waals surface area contributed by atoms with Gasteiger partial charge in [0.15, 0.2) is 5.82 Å². The predicted molar refractivity (Wildman–Crippen MR) is 63.5 cm³/mol. The molecule has 0 spiro atoms. The van der Waals surface area contributed by atoms with Gasteiger partial charge in [-0.3, -0.25) is 5.10 Å². The van der Waals surface area contributed by atoms with Crippen LogP contribution in [0.1, 0.15) is 56.1 Å². The average molecular weight is 236 g/mol. The van der Waals surface area contributed by atoms with Gasteiger partial charge in [-0.05, 0) is 19.3 Å². The maximum Gasteiger partial charge on any atom is 0.172 e. The lowest BCUT2D eigenvalue weighted by Crippen LogP contribution is -2.38. The molecular formula is C12H20N4O. The number of hydrogen-bond donors (Lipinski definition) is 2. The van der Waals surface area contributed by atoms with Crippen molar-refractivity contribution in [1.29, 1.82) is 0 Å². The monoisotopic (exact) mass is 236 g/mol. The van der Waals surface area contributed by atoms with Crippen molar-refractivity contribution in [3.63, 3.8) is 0 Å². The maximum atomic E-state index is 6.25. The van der Waals surface area contributed by atoms with Gasteiger partial charge in [0, 0.05) is 12.5 Å². The zero-order valence-electron chi connectivity index (χ0n) is 10.1. The second-order valence-corrected chi connectivity index (χ2v) is 5.34. The van der Waals surface area contributed by atoms with Crippen LogP contribution in [0.4, 0.5) is 0 Å². The van der Waals surface area contributed by atoms with E-state index >= 15 is 0 Å². The van der Waals surface area contributed by atoms with Crippen molar-refractivity contribution in [2.24, 2.45) is 5.73 Å². The van der Waals surface area contributed by atoms with E-state index in [1.807, 2.05) is 0 Å². The van der Waals surface area contributed by atoms with Crippen molar-refractivity contribution >= 4 is 0 Å². The van der Waals surface area contributed by atoms with Gasteiger partial charge in [0.05, 0.1) is 6.61 Å². The molecule has 94 valence electrons. The van der Waals surface area contributed by atoms with Crippen LogP contribution >= 0.6 is 0 Å². The number of nitrogens with two attached hydrogens (primary N) is 1. The molecule has 0 aromatic carbocycles. The van der Waals surface area contributed by atoms with E-state index in [9.17, 15) is 0 Å². The minimum atomic E-state index is -0.469. The molecule has 1 atom stereocenters. The van der Waals surface area contributed by atoms with Crippen LogP contribution in [0.2, 0.25) is 0 Å². The largest absolute Gasteiger partial charge is 0.379 e. The van der Waals surface area contributed by atoms with Gasteiger partial charge >= 0.3 is 0 Å². The summed E-state index contributed by atoms with van der Waals surface area (Å²) < 4.78 is 5.35. The van der Waals surface area contributed by atoms with Gasteiger partial charge < -0.3 is 10.5 Å². The summed E-state index contributed by atoms with van der Waals surface area (Å²) >= 11 is 0. The van der Waals surface area contributed by atoms with Crippen LogP contribution in [0.15, 0.2) is 0 Å². The minimum Gasteiger partial charge on any atom is -0.379 e. The molecule has 1 aliphatic carbocycles. The van der Waals surface area contributed by atoms with E-state index in [0.717, 1.165) is 18.1 Å². The summed E-state index contributed by atoms with van der Waals surface area (Å²) in [6, 6.07) is 0. The zero-order valence-corrected chi connectivity index (χ0v) is 10.1. The molecule has 1 aromatic rings. The van der Waals surface area contributed by atoms with Crippen LogP contribution in [0.25, 0.3) is 0 Å². The van der Waals surface area contributed by atoms with Gasteiger partial charge in [-0.2, -0.15) is 5.10 Å². The Morgan fingerprint density at radius 2 is 2.12 bits per heavy atom. The van der Waals surface area contributed by atoms with Crippen LogP contribution in [0, 0.1) is 0 Å². The van der Waals surface area contributed by atoms with E-state index < -0.39 is 5.54 Å². The molecule has 1 saturated heterocycles. The van der Waals surface area contributed by atoms with Gasteiger partial charge in [0.1, 0.15) is 11.4 Å². The SMILES string of the molecule is NC1(c2n[nH]c(C3CCCCC3)n2)CCOC1.